The van der Waals surface area contributed by atoms with Crippen molar-refractivity contribution in [3.63, 3.8) is 0 Å². The maximum absolute atomic E-state index is 12.3. The zero-order valence-corrected chi connectivity index (χ0v) is 14.6. The Morgan fingerprint density at radius 3 is 2.75 bits per heavy atom. The number of amides is 1. The lowest BCUT2D eigenvalue weighted by atomic mass is 10.2. The second-order valence-electron chi connectivity index (χ2n) is 5.50. The summed E-state index contributed by atoms with van der Waals surface area (Å²) >= 11 is 7.37. The highest BCUT2D eigenvalue weighted by Gasteiger charge is 2.20. The van der Waals surface area contributed by atoms with Gasteiger partial charge in [0.2, 0.25) is 5.91 Å². The smallest absolute Gasteiger partial charge is 0.246 e. The Bertz CT molecular complexity index is 722. The number of hydrogen-bond acceptors (Lipinski definition) is 5. The van der Waals surface area contributed by atoms with Gasteiger partial charge in [-0.1, -0.05) is 11.6 Å². The van der Waals surface area contributed by atoms with Crippen molar-refractivity contribution in [3.8, 4) is 0 Å². The SMILES string of the molecule is O=C(C=Cc1cc(CO)cs1)N1CCN(c2ccc(Cl)cn2)CC1. The molecule has 126 valence electrons. The monoisotopic (exact) mass is 363 g/mol. The number of carbonyl (C=O) groups is 1. The molecule has 0 bridgehead atoms. The molecule has 1 aliphatic heterocycles. The van der Waals surface area contributed by atoms with Crippen LogP contribution in [0.15, 0.2) is 35.9 Å². The number of anilines is 1. The summed E-state index contributed by atoms with van der Waals surface area (Å²) < 4.78 is 0. The fourth-order valence-electron chi connectivity index (χ4n) is 2.53. The minimum atomic E-state index is 0.0117. The quantitative estimate of drug-likeness (QED) is 0.848. The molecule has 0 atom stereocenters. The van der Waals surface area contributed by atoms with E-state index < -0.39 is 0 Å². The van der Waals surface area contributed by atoms with Crippen molar-refractivity contribution in [2.45, 2.75) is 6.61 Å². The van der Waals surface area contributed by atoms with E-state index >= 15 is 0 Å². The molecule has 0 spiro atoms. The third-order valence-electron chi connectivity index (χ3n) is 3.87. The molecule has 0 radical (unpaired) electrons. The third kappa shape index (κ3) is 4.14. The molecule has 1 N–H and O–H groups in total. The maximum Gasteiger partial charge on any atom is 0.246 e. The van der Waals surface area contributed by atoms with E-state index in [9.17, 15) is 4.79 Å². The number of rotatable bonds is 4. The van der Waals surface area contributed by atoms with Crippen LogP contribution in [0.4, 0.5) is 5.82 Å². The van der Waals surface area contributed by atoms with Crippen LogP contribution in [0.1, 0.15) is 10.4 Å². The number of piperazine rings is 1. The summed E-state index contributed by atoms with van der Waals surface area (Å²) in [5, 5.41) is 11.6. The molecule has 5 nitrogen and oxygen atoms in total. The Kier molecular flexibility index (Phi) is 5.50. The van der Waals surface area contributed by atoms with E-state index in [1.54, 1.807) is 18.3 Å². The lowest BCUT2D eigenvalue weighted by Crippen LogP contribution is -2.48. The number of aromatic nitrogens is 1. The molecule has 1 amide bonds. The molecule has 1 fully saturated rings. The molecule has 3 rings (SSSR count). The highest BCUT2D eigenvalue weighted by molar-refractivity contribution is 7.11. The van der Waals surface area contributed by atoms with Crippen molar-refractivity contribution in [2.24, 2.45) is 0 Å². The van der Waals surface area contributed by atoms with Crippen LogP contribution in [0, 0.1) is 0 Å². The fraction of sp³-hybridized carbons (Fsp3) is 0.294. The predicted molar refractivity (Wildman–Crippen MR) is 97.3 cm³/mol. The summed E-state index contributed by atoms with van der Waals surface area (Å²) in [6, 6.07) is 5.61. The van der Waals surface area contributed by atoms with E-state index in [1.165, 1.54) is 11.3 Å². The number of pyridine rings is 1. The van der Waals surface area contributed by atoms with Crippen LogP contribution >= 0.6 is 22.9 Å². The molecular formula is C17H18ClN3O2S. The first-order valence-electron chi connectivity index (χ1n) is 7.67. The van der Waals surface area contributed by atoms with Crippen molar-refractivity contribution in [2.75, 3.05) is 31.1 Å². The van der Waals surface area contributed by atoms with Crippen LogP contribution in [0.5, 0.6) is 0 Å². The molecule has 0 aliphatic carbocycles. The minimum absolute atomic E-state index is 0.0117. The standard InChI is InChI=1S/C17H18ClN3O2S/c18-14-1-3-16(19-10-14)20-5-7-21(8-6-20)17(23)4-2-15-9-13(11-22)12-24-15/h1-4,9-10,12,22H,5-8,11H2. The maximum atomic E-state index is 12.3. The van der Waals surface area contributed by atoms with Gasteiger partial charge in [-0.3, -0.25) is 4.79 Å². The van der Waals surface area contributed by atoms with Gasteiger partial charge in [-0.15, -0.1) is 11.3 Å². The van der Waals surface area contributed by atoms with Crippen LogP contribution in [0.3, 0.4) is 0 Å². The third-order valence-corrected chi connectivity index (χ3v) is 5.04. The van der Waals surface area contributed by atoms with Crippen molar-refractivity contribution < 1.29 is 9.90 Å². The molecule has 2 aromatic rings. The van der Waals surface area contributed by atoms with Crippen LogP contribution in [-0.4, -0.2) is 47.1 Å². The number of thiophene rings is 1. The molecule has 0 aromatic carbocycles. The molecule has 2 aromatic heterocycles. The second kappa shape index (κ2) is 7.79. The van der Waals surface area contributed by atoms with Gasteiger partial charge in [0.25, 0.3) is 0 Å². The molecule has 0 unspecified atom stereocenters. The van der Waals surface area contributed by atoms with Gasteiger partial charge < -0.3 is 14.9 Å². The van der Waals surface area contributed by atoms with E-state index in [4.69, 9.17) is 16.7 Å². The number of carbonyl (C=O) groups excluding carboxylic acids is 1. The lowest BCUT2D eigenvalue weighted by molar-refractivity contribution is -0.126. The molecule has 3 heterocycles. The second-order valence-corrected chi connectivity index (χ2v) is 6.87. The van der Waals surface area contributed by atoms with Crippen LogP contribution in [-0.2, 0) is 11.4 Å². The summed E-state index contributed by atoms with van der Waals surface area (Å²) in [7, 11) is 0. The van der Waals surface area contributed by atoms with Gasteiger partial charge in [-0.2, -0.15) is 0 Å². The Hall–Kier alpha value is -1.89. The first kappa shape index (κ1) is 17.0. The van der Waals surface area contributed by atoms with Gasteiger partial charge >= 0.3 is 0 Å². The Morgan fingerprint density at radius 2 is 2.12 bits per heavy atom. The first-order chi connectivity index (χ1) is 11.7. The molecular weight excluding hydrogens is 346 g/mol. The van der Waals surface area contributed by atoms with Gasteiger partial charge in [0.1, 0.15) is 5.82 Å². The van der Waals surface area contributed by atoms with Gasteiger partial charge in [0, 0.05) is 43.3 Å². The van der Waals surface area contributed by atoms with Crippen LogP contribution in [0.2, 0.25) is 5.02 Å². The van der Waals surface area contributed by atoms with E-state index in [0.717, 1.165) is 29.3 Å². The van der Waals surface area contributed by atoms with Crippen LogP contribution in [0.25, 0.3) is 6.08 Å². The number of nitrogens with zero attached hydrogens (tertiary/aromatic N) is 3. The predicted octanol–water partition coefficient (Wildman–Crippen LogP) is 2.65. The normalized spacial score (nSPS) is 15.2. The van der Waals surface area contributed by atoms with E-state index in [1.807, 2.05) is 28.5 Å². The summed E-state index contributed by atoms with van der Waals surface area (Å²) in [4.78, 5) is 21.5. The topological polar surface area (TPSA) is 56.7 Å². The van der Waals surface area contributed by atoms with Crippen LogP contribution < -0.4 is 4.90 Å². The number of aliphatic hydroxyl groups excluding tert-OH is 1. The fourth-order valence-corrected chi connectivity index (χ4v) is 3.44. The van der Waals surface area contributed by atoms with Gasteiger partial charge in [0.15, 0.2) is 0 Å². The van der Waals surface area contributed by atoms with Gasteiger partial charge in [-0.25, -0.2) is 4.98 Å². The van der Waals surface area contributed by atoms with E-state index in [-0.39, 0.29) is 12.5 Å². The summed E-state index contributed by atoms with van der Waals surface area (Å²) in [6.45, 7) is 2.86. The first-order valence-corrected chi connectivity index (χ1v) is 8.93. The number of halogens is 1. The van der Waals surface area contributed by atoms with E-state index in [0.29, 0.717) is 18.1 Å². The van der Waals surface area contributed by atoms with Gasteiger partial charge in [0.05, 0.1) is 11.6 Å². The highest BCUT2D eigenvalue weighted by Crippen LogP contribution is 2.18. The van der Waals surface area contributed by atoms with Crippen molar-refractivity contribution in [1.29, 1.82) is 0 Å². The molecule has 1 saturated heterocycles. The van der Waals surface area contributed by atoms with Gasteiger partial charge in [-0.05, 0) is 35.2 Å². The van der Waals surface area contributed by atoms with Crippen molar-refractivity contribution in [3.05, 3.63) is 51.3 Å². The minimum Gasteiger partial charge on any atom is -0.392 e. The largest absolute Gasteiger partial charge is 0.392 e. The highest BCUT2D eigenvalue weighted by atomic mass is 35.5. The average molecular weight is 364 g/mol. The molecule has 1 aliphatic rings. The number of hydrogen-bond donors (Lipinski definition) is 1. The Balaban J connectivity index is 1.54. The average Bonchev–Trinajstić information content (AvgIpc) is 3.09. The Morgan fingerprint density at radius 1 is 1.33 bits per heavy atom. The molecule has 7 heteroatoms. The summed E-state index contributed by atoms with van der Waals surface area (Å²) in [5.74, 6) is 0.898. The summed E-state index contributed by atoms with van der Waals surface area (Å²) in [6.07, 6.45) is 5.04. The lowest BCUT2D eigenvalue weighted by Gasteiger charge is -2.34. The Labute approximate surface area is 149 Å². The molecule has 0 saturated carbocycles. The van der Waals surface area contributed by atoms with Crippen molar-refractivity contribution >= 4 is 40.7 Å². The zero-order valence-electron chi connectivity index (χ0n) is 13.1. The van der Waals surface area contributed by atoms with E-state index in [2.05, 4.69) is 9.88 Å². The summed E-state index contributed by atoms with van der Waals surface area (Å²) in [5.41, 5.74) is 0.871. The van der Waals surface area contributed by atoms with Crippen molar-refractivity contribution in [1.82, 2.24) is 9.88 Å². The zero-order chi connectivity index (χ0) is 16.9. The molecule has 24 heavy (non-hydrogen) atoms. The number of aliphatic hydroxyl groups is 1.